The molecule has 0 aliphatic heterocycles. The Morgan fingerprint density at radius 3 is 1.54 bits per heavy atom. The third kappa shape index (κ3) is 16.6. The number of aliphatic hydroxyl groups excluding tert-OH is 1. The number of anilines is 1. The van der Waals surface area contributed by atoms with Crippen LogP contribution in [0.4, 0.5) is 17.1 Å². The number of aromatic hydroxyl groups is 1. The number of alkyl halides is 4. The van der Waals surface area contributed by atoms with Crippen LogP contribution in [-0.2, 0) is 0 Å². The first-order valence-corrected chi connectivity index (χ1v) is 17.2. The number of H-pyrrole nitrogens is 1. The molecule has 0 fully saturated rings. The third-order valence-electron chi connectivity index (χ3n) is 6.35. The number of ether oxygens (including phenoxy) is 3. The first-order chi connectivity index (χ1) is 27.8. The molecular weight excluding hydrogens is 882 g/mol. The Kier molecular flexibility index (Phi) is 21.6. The van der Waals surface area contributed by atoms with E-state index in [2.05, 4.69) is 21.0 Å². The summed E-state index contributed by atoms with van der Waals surface area (Å²) in [6.07, 6.45) is 0. The lowest BCUT2D eigenvalue weighted by Crippen LogP contribution is -2.14. The summed E-state index contributed by atoms with van der Waals surface area (Å²) in [6.45, 7) is 0. The van der Waals surface area contributed by atoms with Crippen molar-refractivity contribution in [2.75, 3.05) is 30.0 Å². The number of halogens is 4. The minimum atomic E-state index is -1.44. The number of nitrogens with two attached hydrogens (primary N) is 1. The van der Waals surface area contributed by atoms with Crippen LogP contribution in [0.1, 0.15) is 31.1 Å². The van der Waals surface area contributed by atoms with Crippen molar-refractivity contribution in [3.8, 4) is 23.0 Å². The fourth-order valence-electron chi connectivity index (χ4n) is 3.96. The van der Waals surface area contributed by atoms with Gasteiger partial charge in [0.25, 0.3) is 11.4 Å². The van der Waals surface area contributed by atoms with E-state index in [1.807, 2.05) is 0 Å². The topological polar surface area (TPSA) is 355 Å². The van der Waals surface area contributed by atoms with Crippen LogP contribution in [0.25, 0.3) is 10.9 Å². The van der Waals surface area contributed by atoms with E-state index in [1.54, 1.807) is 18.2 Å². The van der Waals surface area contributed by atoms with Crippen molar-refractivity contribution in [2.45, 2.75) is 0 Å². The van der Waals surface area contributed by atoms with E-state index in [4.69, 9.17) is 80.3 Å². The van der Waals surface area contributed by atoms with E-state index in [9.17, 15) is 44.2 Å². The lowest BCUT2D eigenvalue weighted by Gasteiger charge is -2.04. The minimum Gasteiger partial charge on any atom is -0.508 e. The van der Waals surface area contributed by atoms with Gasteiger partial charge in [0, 0.05) is 30.0 Å². The second-order valence-electron chi connectivity index (χ2n) is 9.95. The van der Waals surface area contributed by atoms with E-state index < -0.39 is 61.6 Å². The van der Waals surface area contributed by atoms with Gasteiger partial charge in [-0.1, -0.05) is 46.4 Å². The molecule has 8 N–H and O–H groups in total. The zero-order valence-electron chi connectivity index (χ0n) is 29.3. The molecule has 316 valence electrons. The number of carboxylic acids is 3. The van der Waals surface area contributed by atoms with Crippen molar-refractivity contribution >= 4 is 92.3 Å². The first-order valence-electron chi connectivity index (χ1n) is 15.1. The summed E-state index contributed by atoms with van der Waals surface area (Å²) in [5.41, 5.74) is 3.37. The normalized spacial score (nSPS) is 9.64. The van der Waals surface area contributed by atoms with E-state index in [1.165, 1.54) is 24.3 Å². The monoisotopic (exact) mass is 908 g/mol. The summed E-state index contributed by atoms with van der Waals surface area (Å²) in [4.78, 5) is 75.5. The Labute approximate surface area is 348 Å². The highest BCUT2D eigenvalue weighted by Crippen LogP contribution is 2.25. The number of nitro groups is 2. The average Bonchev–Trinajstić information content (AvgIpc) is 3.17. The van der Waals surface area contributed by atoms with Crippen LogP contribution in [0, 0.1) is 20.2 Å². The molecule has 0 saturated carbocycles. The van der Waals surface area contributed by atoms with Crippen molar-refractivity contribution in [1.82, 2.24) is 4.98 Å². The molecule has 0 saturated heterocycles. The van der Waals surface area contributed by atoms with Crippen molar-refractivity contribution in [1.29, 1.82) is 0 Å². The summed E-state index contributed by atoms with van der Waals surface area (Å²) in [5, 5.41) is 63.2. The Hall–Kier alpha value is -6.85. The number of hydrogen-bond acceptors (Lipinski definition) is 16. The van der Waals surface area contributed by atoms with Gasteiger partial charge < -0.3 is 49.9 Å². The number of nitrogens with zero attached hydrogens (tertiary/aromatic N) is 2. The lowest BCUT2D eigenvalue weighted by molar-refractivity contribution is -0.385. The van der Waals surface area contributed by atoms with Gasteiger partial charge in [-0.3, -0.25) is 25.2 Å². The van der Waals surface area contributed by atoms with Gasteiger partial charge in [-0.15, -0.1) is 0 Å². The number of nitrogens with one attached hydrogen (secondary N) is 1. The summed E-state index contributed by atoms with van der Waals surface area (Å²) < 4.78 is 19.1. The molecule has 5 aromatic rings. The maximum Gasteiger partial charge on any atom is 0.419 e. The highest BCUT2D eigenvalue weighted by molar-refractivity contribution is 6.17. The molecule has 22 nitrogen and oxygen atoms in total. The highest BCUT2D eigenvalue weighted by Gasteiger charge is 2.21. The smallest absolute Gasteiger partial charge is 0.419 e. The molecule has 0 aliphatic carbocycles. The minimum absolute atomic E-state index is 0.0137. The fraction of sp³-hybridized carbons (Fsp3) is 0.121. The van der Waals surface area contributed by atoms with E-state index in [-0.39, 0.29) is 52.4 Å². The second kappa shape index (κ2) is 25.4. The Balaban J connectivity index is 0.000000385. The number of rotatable bonds is 11. The van der Waals surface area contributed by atoms with E-state index >= 15 is 0 Å². The number of fused-ring (bicyclic) bond motifs is 1. The number of aromatic amines is 1. The zero-order chi connectivity index (χ0) is 44.8. The van der Waals surface area contributed by atoms with Gasteiger partial charge in [-0.2, -0.15) is 0 Å². The molecule has 0 amide bonds. The predicted molar refractivity (Wildman–Crippen MR) is 210 cm³/mol. The van der Waals surface area contributed by atoms with Gasteiger partial charge in [-0.25, -0.2) is 24.0 Å². The molecule has 0 unspecified atom stereocenters. The number of nitrogen functional groups attached to an aromatic ring is 1. The van der Waals surface area contributed by atoms with Crippen molar-refractivity contribution in [3.05, 3.63) is 131 Å². The van der Waals surface area contributed by atoms with Crippen molar-refractivity contribution < 1.29 is 68.4 Å². The van der Waals surface area contributed by atoms with E-state index in [0.717, 1.165) is 30.3 Å². The second-order valence-corrected chi connectivity index (χ2v) is 10.8. The van der Waals surface area contributed by atoms with Crippen LogP contribution in [-0.4, -0.2) is 82.5 Å². The average molecular weight is 910 g/mol. The predicted octanol–water partition coefficient (Wildman–Crippen LogP) is 5.64. The number of benzene rings is 4. The first kappa shape index (κ1) is 50.2. The standard InChI is InChI=1S/C9H6ClNO4.C8H6ClNO5.C8H8ClNO3.C7H5NO5.CH3ClO/c10-4-14-5-1-2-7-6(3-5)8(12)15-9(13)11-7;9-4-15-5-1-2-7(10(13)14)6(3-5)8(11)12;9-4-13-5-1-2-7(10)6(3-5)8(11)12;9-4-1-2-6(8(12)13)5(3-4)7(10)11;2-1-3/h1-3H,4H2,(H,11,13);1-3H,4H2,(H,11,12);1-3H,4,10H2,(H,11,12);1-3,9H,(H,10,11);3H,1H2. The molecule has 0 aliphatic rings. The summed E-state index contributed by atoms with van der Waals surface area (Å²) in [6, 6.07) is 14.7. The Bertz CT molecular complexity index is 2380. The van der Waals surface area contributed by atoms with E-state index in [0.29, 0.717) is 17.0 Å². The molecule has 4 aromatic carbocycles. The van der Waals surface area contributed by atoms with Crippen molar-refractivity contribution in [2.24, 2.45) is 0 Å². The number of aromatic nitrogens is 1. The number of aliphatic hydroxyl groups is 1. The summed E-state index contributed by atoms with van der Waals surface area (Å²) in [7, 11) is 0. The number of carboxylic acid groups (broad SMARTS) is 3. The van der Waals surface area contributed by atoms with Crippen molar-refractivity contribution in [3.63, 3.8) is 0 Å². The third-order valence-corrected chi connectivity index (χ3v) is 6.68. The fourth-order valence-corrected chi connectivity index (χ4v) is 4.33. The molecule has 0 bridgehead atoms. The van der Waals surface area contributed by atoms with Crippen LogP contribution in [0.5, 0.6) is 23.0 Å². The molecular formula is C33H28Cl4N4O18. The molecule has 1 heterocycles. The quantitative estimate of drug-likeness (QED) is 0.0365. The van der Waals surface area contributed by atoms with Crippen LogP contribution in [0.15, 0.2) is 86.8 Å². The number of phenols is 1. The molecule has 0 spiro atoms. The van der Waals surface area contributed by atoms with Crippen LogP contribution in [0.3, 0.4) is 0 Å². The SMILES string of the molecule is Nc1ccc(OCCl)cc1C(=O)O.O=C(O)c1cc(O)ccc1[N+](=O)[O-].O=C(O)c1cc(OCCl)ccc1[N+](=O)[O-].O=c1[nH]c2ccc(OCCl)cc2c(=O)o1.OCCl. The van der Waals surface area contributed by atoms with Gasteiger partial charge in [0.1, 0.15) is 40.2 Å². The molecule has 5 rings (SSSR count). The van der Waals surface area contributed by atoms with Crippen LogP contribution < -0.4 is 31.3 Å². The van der Waals surface area contributed by atoms with Gasteiger partial charge in [0.05, 0.1) is 26.3 Å². The summed E-state index contributed by atoms with van der Waals surface area (Å²) >= 11 is 20.5. The number of carbonyl (C=O) groups is 3. The van der Waals surface area contributed by atoms with Gasteiger partial charge >= 0.3 is 29.3 Å². The largest absolute Gasteiger partial charge is 0.508 e. The Morgan fingerprint density at radius 2 is 1.08 bits per heavy atom. The molecule has 0 atom stereocenters. The van der Waals surface area contributed by atoms with Gasteiger partial charge in [0.15, 0.2) is 18.2 Å². The zero-order valence-corrected chi connectivity index (χ0v) is 32.3. The van der Waals surface area contributed by atoms with Gasteiger partial charge in [0.2, 0.25) is 0 Å². The number of hydrogen-bond donors (Lipinski definition) is 7. The number of nitro benzene ring substituents is 2. The Morgan fingerprint density at radius 1 is 0.678 bits per heavy atom. The number of aromatic carboxylic acids is 3. The van der Waals surface area contributed by atoms with Crippen LogP contribution >= 0.6 is 46.4 Å². The molecule has 26 heteroatoms. The maximum absolute atomic E-state index is 11.3. The molecule has 59 heavy (non-hydrogen) atoms. The highest BCUT2D eigenvalue weighted by atomic mass is 35.5. The maximum atomic E-state index is 11.3. The lowest BCUT2D eigenvalue weighted by atomic mass is 10.2. The van der Waals surface area contributed by atoms with Crippen LogP contribution in [0.2, 0.25) is 0 Å². The molecule has 0 radical (unpaired) electrons. The summed E-state index contributed by atoms with van der Waals surface area (Å²) in [5.74, 6) is -4.00. The molecule has 1 aromatic heterocycles. The van der Waals surface area contributed by atoms with Gasteiger partial charge in [-0.05, 0) is 48.5 Å². The number of phenolic OH excluding ortho intramolecular Hbond substituents is 1.